The molecule has 1 heterocycles. The molecule has 0 N–H and O–H groups in total. The third-order valence-corrected chi connectivity index (χ3v) is 3.23. The molecular formula is C12H14IN. The first kappa shape index (κ1) is 10.1. The standard InChI is InChI=1S/C12H14IN/c1-8(2)12-11-7-10(13)4-3-9(11)5-6-14-12/h3-4,7-8H,5-6H2,1-2H3. The highest BCUT2D eigenvalue weighted by molar-refractivity contribution is 14.1. The van der Waals surface area contributed by atoms with E-state index in [-0.39, 0.29) is 0 Å². The SMILES string of the molecule is CC(C)C1=NCCc2ccc(I)cc21. The Morgan fingerprint density at radius 1 is 1.36 bits per heavy atom. The van der Waals surface area contributed by atoms with Crippen LogP contribution in [0.4, 0.5) is 0 Å². The molecule has 0 fully saturated rings. The minimum Gasteiger partial charge on any atom is -0.289 e. The van der Waals surface area contributed by atoms with Crippen LogP contribution in [0.1, 0.15) is 25.0 Å². The number of rotatable bonds is 1. The highest BCUT2D eigenvalue weighted by Gasteiger charge is 2.16. The fourth-order valence-electron chi connectivity index (χ4n) is 1.88. The number of hydrogen-bond acceptors (Lipinski definition) is 1. The van der Waals surface area contributed by atoms with Gasteiger partial charge in [0.2, 0.25) is 0 Å². The molecule has 0 atom stereocenters. The molecule has 74 valence electrons. The van der Waals surface area contributed by atoms with E-state index in [1.807, 2.05) is 0 Å². The van der Waals surface area contributed by atoms with E-state index in [0.29, 0.717) is 5.92 Å². The summed E-state index contributed by atoms with van der Waals surface area (Å²) >= 11 is 2.36. The minimum absolute atomic E-state index is 0.534. The van der Waals surface area contributed by atoms with Crippen molar-refractivity contribution in [3.05, 3.63) is 32.9 Å². The molecule has 1 aromatic carbocycles. The molecule has 0 bridgehead atoms. The molecule has 0 radical (unpaired) electrons. The normalized spacial score (nSPS) is 15.3. The van der Waals surface area contributed by atoms with Gasteiger partial charge in [-0.3, -0.25) is 4.99 Å². The first-order valence-electron chi connectivity index (χ1n) is 5.01. The van der Waals surface area contributed by atoms with Crippen molar-refractivity contribution in [2.24, 2.45) is 10.9 Å². The second-order valence-corrected chi connectivity index (χ2v) is 5.22. The average Bonchev–Trinajstić information content (AvgIpc) is 2.16. The van der Waals surface area contributed by atoms with Crippen molar-refractivity contribution in [2.75, 3.05) is 6.54 Å². The van der Waals surface area contributed by atoms with E-state index in [0.717, 1.165) is 13.0 Å². The Hall–Kier alpha value is -0.380. The van der Waals surface area contributed by atoms with Crippen LogP contribution in [0, 0.1) is 9.49 Å². The van der Waals surface area contributed by atoms with Gasteiger partial charge in [0.25, 0.3) is 0 Å². The number of hydrogen-bond donors (Lipinski definition) is 0. The Labute approximate surface area is 98.8 Å². The van der Waals surface area contributed by atoms with E-state index >= 15 is 0 Å². The van der Waals surface area contributed by atoms with Crippen molar-refractivity contribution < 1.29 is 0 Å². The maximum absolute atomic E-state index is 4.62. The molecule has 0 aliphatic carbocycles. The summed E-state index contributed by atoms with van der Waals surface area (Å²) in [4.78, 5) is 4.62. The van der Waals surface area contributed by atoms with Gasteiger partial charge in [0.15, 0.2) is 0 Å². The highest BCUT2D eigenvalue weighted by Crippen LogP contribution is 2.22. The van der Waals surface area contributed by atoms with Crippen LogP contribution in [-0.4, -0.2) is 12.3 Å². The predicted octanol–water partition coefficient (Wildman–Crippen LogP) is 3.29. The second-order valence-electron chi connectivity index (χ2n) is 3.97. The zero-order valence-electron chi connectivity index (χ0n) is 8.55. The lowest BCUT2D eigenvalue weighted by Gasteiger charge is -2.19. The van der Waals surface area contributed by atoms with E-state index < -0.39 is 0 Å². The van der Waals surface area contributed by atoms with Crippen molar-refractivity contribution in [1.82, 2.24) is 0 Å². The molecule has 2 heteroatoms. The van der Waals surface area contributed by atoms with E-state index in [9.17, 15) is 0 Å². The van der Waals surface area contributed by atoms with Gasteiger partial charge in [-0.1, -0.05) is 19.9 Å². The third kappa shape index (κ3) is 1.85. The van der Waals surface area contributed by atoms with Gasteiger partial charge >= 0.3 is 0 Å². The quantitative estimate of drug-likeness (QED) is 0.706. The molecule has 2 rings (SSSR count). The summed E-state index contributed by atoms with van der Waals surface area (Å²) in [6, 6.07) is 6.69. The van der Waals surface area contributed by atoms with Crippen LogP contribution in [0.2, 0.25) is 0 Å². The Bertz CT molecular complexity index is 380. The number of benzene rings is 1. The minimum atomic E-state index is 0.534. The number of fused-ring (bicyclic) bond motifs is 1. The Morgan fingerprint density at radius 3 is 2.86 bits per heavy atom. The smallest absolute Gasteiger partial charge is 0.0449 e. The van der Waals surface area contributed by atoms with Crippen molar-refractivity contribution in [2.45, 2.75) is 20.3 Å². The summed E-state index contributed by atoms with van der Waals surface area (Å²) < 4.78 is 1.30. The molecule has 0 amide bonds. The van der Waals surface area contributed by atoms with Gasteiger partial charge < -0.3 is 0 Å². The van der Waals surface area contributed by atoms with Crippen LogP contribution >= 0.6 is 22.6 Å². The summed E-state index contributed by atoms with van der Waals surface area (Å²) in [5, 5.41) is 0. The summed E-state index contributed by atoms with van der Waals surface area (Å²) in [5.41, 5.74) is 4.12. The molecule has 0 saturated carbocycles. The summed E-state index contributed by atoms with van der Waals surface area (Å²) in [6.45, 7) is 5.39. The van der Waals surface area contributed by atoms with E-state index in [2.05, 4.69) is 59.6 Å². The van der Waals surface area contributed by atoms with Gasteiger partial charge in [0.1, 0.15) is 0 Å². The Morgan fingerprint density at radius 2 is 2.14 bits per heavy atom. The third-order valence-electron chi connectivity index (χ3n) is 2.56. The molecule has 0 aromatic heterocycles. The topological polar surface area (TPSA) is 12.4 Å². The van der Waals surface area contributed by atoms with Crippen molar-refractivity contribution in [1.29, 1.82) is 0 Å². The molecule has 0 spiro atoms. The first-order valence-corrected chi connectivity index (χ1v) is 6.09. The summed E-state index contributed by atoms with van der Waals surface area (Å²) in [5.74, 6) is 0.534. The highest BCUT2D eigenvalue weighted by atomic mass is 127. The lowest BCUT2D eigenvalue weighted by atomic mass is 9.92. The molecule has 1 aliphatic rings. The number of halogens is 1. The fraction of sp³-hybridized carbons (Fsp3) is 0.417. The van der Waals surface area contributed by atoms with Crippen LogP contribution in [0.5, 0.6) is 0 Å². The Kier molecular flexibility index (Phi) is 2.91. The molecule has 14 heavy (non-hydrogen) atoms. The zero-order chi connectivity index (χ0) is 10.1. The first-order chi connectivity index (χ1) is 6.68. The molecular weight excluding hydrogens is 285 g/mol. The van der Waals surface area contributed by atoms with E-state index in [1.54, 1.807) is 0 Å². The molecule has 0 saturated heterocycles. The molecule has 1 aliphatic heterocycles. The fourth-order valence-corrected chi connectivity index (χ4v) is 2.37. The number of aliphatic imine (C=N–C) groups is 1. The van der Waals surface area contributed by atoms with Gasteiger partial charge in [-0.15, -0.1) is 0 Å². The lowest BCUT2D eigenvalue weighted by molar-refractivity contribution is 0.839. The molecule has 1 aromatic rings. The van der Waals surface area contributed by atoms with Gasteiger partial charge in [-0.2, -0.15) is 0 Å². The van der Waals surface area contributed by atoms with E-state index in [1.165, 1.54) is 20.4 Å². The largest absolute Gasteiger partial charge is 0.289 e. The lowest BCUT2D eigenvalue weighted by Crippen LogP contribution is -2.18. The Balaban J connectivity index is 2.51. The van der Waals surface area contributed by atoms with Gasteiger partial charge in [0.05, 0.1) is 0 Å². The van der Waals surface area contributed by atoms with Gasteiger partial charge in [-0.05, 0) is 52.6 Å². The van der Waals surface area contributed by atoms with Crippen molar-refractivity contribution in [3.63, 3.8) is 0 Å². The van der Waals surface area contributed by atoms with Crippen LogP contribution in [-0.2, 0) is 6.42 Å². The average molecular weight is 299 g/mol. The maximum atomic E-state index is 4.62. The molecule has 0 unspecified atom stereocenters. The number of nitrogens with zero attached hydrogens (tertiary/aromatic N) is 1. The second kappa shape index (κ2) is 4.01. The van der Waals surface area contributed by atoms with Crippen LogP contribution in [0.3, 0.4) is 0 Å². The summed E-state index contributed by atoms with van der Waals surface area (Å²) in [6.07, 6.45) is 1.10. The van der Waals surface area contributed by atoms with Crippen molar-refractivity contribution >= 4 is 28.3 Å². The van der Waals surface area contributed by atoms with E-state index in [4.69, 9.17) is 0 Å². The van der Waals surface area contributed by atoms with Crippen LogP contribution in [0.15, 0.2) is 23.2 Å². The van der Waals surface area contributed by atoms with Crippen LogP contribution < -0.4 is 0 Å². The van der Waals surface area contributed by atoms with Crippen LogP contribution in [0.25, 0.3) is 0 Å². The monoisotopic (exact) mass is 299 g/mol. The zero-order valence-corrected chi connectivity index (χ0v) is 10.7. The molecule has 1 nitrogen and oxygen atoms in total. The van der Waals surface area contributed by atoms with Crippen molar-refractivity contribution in [3.8, 4) is 0 Å². The van der Waals surface area contributed by atoms with Gasteiger partial charge in [-0.25, -0.2) is 0 Å². The summed E-state index contributed by atoms with van der Waals surface area (Å²) in [7, 11) is 0. The maximum Gasteiger partial charge on any atom is 0.0449 e. The predicted molar refractivity (Wildman–Crippen MR) is 69.1 cm³/mol. The van der Waals surface area contributed by atoms with Gasteiger partial charge in [0, 0.05) is 21.4 Å².